The van der Waals surface area contributed by atoms with E-state index in [0.29, 0.717) is 11.9 Å². The molecular formula is C18H28N2OS. The van der Waals surface area contributed by atoms with Crippen LogP contribution in [0, 0.1) is 6.92 Å². The first-order chi connectivity index (χ1) is 10.7. The minimum Gasteiger partial charge on any atom is -0.340 e. The van der Waals surface area contributed by atoms with Crippen LogP contribution in [0.4, 0.5) is 0 Å². The van der Waals surface area contributed by atoms with Crippen molar-refractivity contribution in [3.63, 3.8) is 0 Å². The van der Waals surface area contributed by atoms with Gasteiger partial charge in [0.25, 0.3) is 0 Å². The minimum atomic E-state index is 0.352. The summed E-state index contributed by atoms with van der Waals surface area (Å²) in [4.78, 5) is 14.1. The number of carbonyl (C=O) groups excluding carboxylic acids is 1. The molecule has 0 aliphatic carbocycles. The van der Waals surface area contributed by atoms with Gasteiger partial charge in [0.15, 0.2) is 0 Å². The molecule has 1 N–H and O–H groups in total. The van der Waals surface area contributed by atoms with E-state index in [2.05, 4.69) is 47.7 Å². The lowest BCUT2D eigenvalue weighted by atomic mass is 10.1. The molecule has 1 fully saturated rings. The van der Waals surface area contributed by atoms with Crippen molar-refractivity contribution in [1.82, 2.24) is 10.2 Å². The third kappa shape index (κ3) is 5.33. The van der Waals surface area contributed by atoms with E-state index in [9.17, 15) is 4.79 Å². The molecule has 1 aromatic carbocycles. The molecule has 122 valence electrons. The first-order valence-electron chi connectivity index (χ1n) is 8.25. The van der Waals surface area contributed by atoms with Crippen LogP contribution in [0.2, 0.25) is 0 Å². The zero-order chi connectivity index (χ0) is 15.8. The van der Waals surface area contributed by atoms with Crippen LogP contribution >= 0.6 is 11.8 Å². The third-order valence-corrected chi connectivity index (χ3v) is 4.96. The summed E-state index contributed by atoms with van der Waals surface area (Å²) in [5, 5.41) is 3.52. The number of carbonyl (C=O) groups is 1. The fourth-order valence-corrected chi connectivity index (χ4v) is 3.52. The van der Waals surface area contributed by atoms with Gasteiger partial charge in [-0.3, -0.25) is 4.79 Å². The van der Waals surface area contributed by atoms with Crippen LogP contribution in [0.25, 0.3) is 0 Å². The molecule has 2 rings (SSSR count). The zero-order valence-corrected chi connectivity index (χ0v) is 14.6. The molecule has 0 radical (unpaired) electrons. The smallest absolute Gasteiger partial charge is 0.222 e. The van der Waals surface area contributed by atoms with Crippen molar-refractivity contribution in [2.24, 2.45) is 0 Å². The number of hydrogen-bond acceptors (Lipinski definition) is 3. The van der Waals surface area contributed by atoms with Gasteiger partial charge < -0.3 is 10.2 Å². The summed E-state index contributed by atoms with van der Waals surface area (Å²) in [7, 11) is 0. The van der Waals surface area contributed by atoms with Gasteiger partial charge in [-0.25, -0.2) is 0 Å². The van der Waals surface area contributed by atoms with Crippen molar-refractivity contribution >= 4 is 17.7 Å². The van der Waals surface area contributed by atoms with Crippen LogP contribution in [0.5, 0.6) is 0 Å². The maximum Gasteiger partial charge on any atom is 0.222 e. The van der Waals surface area contributed by atoms with Gasteiger partial charge in [0.2, 0.25) is 5.91 Å². The van der Waals surface area contributed by atoms with E-state index in [4.69, 9.17) is 0 Å². The van der Waals surface area contributed by atoms with Crippen molar-refractivity contribution in [3.8, 4) is 0 Å². The van der Waals surface area contributed by atoms with Gasteiger partial charge in [-0.05, 0) is 50.3 Å². The normalized spacial score (nSPS) is 18.2. The molecule has 1 amide bonds. The largest absolute Gasteiger partial charge is 0.340 e. The fourth-order valence-electron chi connectivity index (χ4n) is 3.10. The summed E-state index contributed by atoms with van der Waals surface area (Å²) < 4.78 is 0. The molecule has 1 unspecified atom stereocenters. The number of hydrogen-bond donors (Lipinski definition) is 1. The van der Waals surface area contributed by atoms with Crippen LogP contribution in [-0.2, 0) is 11.3 Å². The van der Waals surface area contributed by atoms with Crippen molar-refractivity contribution < 1.29 is 4.79 Å². The van der Waals surface area contributed by atoms with E-state index in [-0.39, 0.29) is 0 Å². The van der Waals surface area contributed by atoms with Gasteiger partial charge in [0.05, 0.1) is 0 Å². The van der Waals surface area contributed by atoms with Gasteiger partial charge in [-0.15, -0.1) is 0 Å². The average Bonchev–Trinajstić information content (AvgIpc) is 2.85. The Labute approximate surface area is 138 Å². The molecular weight excluding hydrogens is 292 g/mol. The monoisotopic (exact) mass is 320 g/mol. The van der Waals surface area contributed by atoms with Crippen molar-refractivity contribution in [2.45, 2.75) is 45.2 Å². The second kappa shape index (κ2) is 9.21. The number of rotatable bonds is 9. The Morgan fingerprint density at radius 1 is 1.41 bits per heavy atom. The molecule has 4 heteroatoms. The molecule has 0 saturated carbocycles. The van der Waals surface area contributed by atoms with E-state index in [1.165, 1.54) is 11.1 Å². The molecule has 0 aromatic heterocycles. The van der Waals surface area contributed by atoms with Crippen molar-refractivity contribution in [3.05, 3.63) is 35.4 Å². The summed E-state index contributed by atoms with van der Waals surface area (Å²) in [5.74, 6) is 1.49. The maximum atomic E-state index is 12.0. The van der Waals surface area contributed by atoms with Crippen molar-refractivity contribution in [2.75, 3.05) is 25.1 Å². The number of benzene rings is 1. The summed E-state index contributed by atoms with van der Waals surface area (Å²) in [6.45, 7) is 4.95. The highest BCUT2D eigenvalue weighted by Crippen LogP contribution is 2.21. The molecule has 0 bridgehead atoms. The Morgan fingerprint density at radius 2 is 2.27 bits per heavy atom. The molecule has 0 spiro atoms. The standard InChI is InChI=1S/C18H28N2OS/c1-15-5-3-6-16(13-15)14-19-10-9-17-7-8-18(21)20(17)11-4-12-22-2/h3,5-6,13,17,19H,4,7-12,14H2,1-2H3. The number of aryl methyl sites for hydroxylation is 1. The molecule has 1 heterocycles. The lowest BCUT2D eigenvalue weighted by Gasteiger charge is -2.25. The van der Waals surface area contributed by atoms with E-state index in [0.717, 1.165) is 51.1 Å². The van der Waals surface area contributed by atoms with E-state index >= 15 is 0 Å². The van der Waals surface area contributed by atoms with Crippen LogP contribution in [0.15, 0.2) is 24.3 Å². The van der Waals surface area contributed by atoms with E-state index < -0.39 is 0 Å². The molecule has 22 heavy (non-hydrogen) atoms. The van der Waals surface area contributed by atoms with Crippen molar-refractivity contribution in [1.29, 1.82) is 0 Å². The van der Waals surface area contributed by atoms with Crippen LogP contribution < -0.4 is 5.32 Å². The maximum absolute atomic E-state index is 12.0. The molecule has 3 nitrogen and oxygen atoms in total. The van der Waals surface area contributed by atoms with Gasteiger partial charge >= 0.3 is 0 Å². The number of thioether (sulfide) groups is 1. The topological polar surface area (TPSA) is 32.3 Å². The lowest BCUT2D eigenvalue weighted by molar-refractivity contribution is -0.129. The minimum absolute atomic E-state index is 0.352. The molecule has 1 saturated heterocycles. The Kier molecular flexibility index (Phi) is 7.26. The van der Waals surface area contributed by atoms with Crippen LogP contribution in [-0.4, -0.2) is 41.9 Å². The molecule has 1 aliphatic heterocycles. The molecule has 1 aromatic rings. The summed E-state index contributed by atoms with van der Waals surface area (Å²) in [5.41, 5.74) is 2.64. The number of likely N-dealkylation sites (tertiary alicyclic amines) is 1. The first-order valence-corrected chi connectivity index (χ1v) is 9.65. The first kappa shape index (κ1) is 17.4. The van der Waals surface area contributed by atoms with E-state index in [1.807, 2.05) is 11.8 Å². The number of nitrogens with zero attached hydrogens (tertiary/aromatic N) is 1. The predicted octanol–water partition coefficient (Wildman–Crippen LogP) is 3.22. The third-order valence-electron chi connectivity index (χ3n) is 4.27. The summed E-state index contributed by atoms with van der Waals surface area (Å²) in [6, 6.07) is 9.06. The van der Waals surface area contributed by atoms with Crippen LogP contribution in [0.1, 0.15) is 36.8 Å². The highest BCUT2D eigenvalue weighted by Gasteiger charge is 2.29. The van der Waals surface area contributed by atoms with Gasteiger partial charge in [0, 0.05) is 25.6 Å². The second-order valence-electron chi connectivity index (χ2n) is 6.08. The Hall–Kier alpha value is -1.00. The quantitative estimate of drug-likeness (QED) is 0.709. The number of amides is 1. The Bertz CT molecular complexity index is 478. The number of nitrogens with one attached hydrogen (secondary N) is 1. The Balaban J connectivity index is 1.70. The van der Waals surface area contributed by atoms with E-state index in [1.54, 1.807) is 0 Å². The Morgan fingerprint density at radius 3 is 3.05 bits per heavy atom. The van der Waals surface area contributed by atoms with Gasteiger partial charge in [-0.2, -0.15) is 11.8 Å². The fraction of sp³-hybridized carbons (Fsp3) is 0.611. The SMILES string of the molecule is CSCCCN1C(=O)CCC1CCNCc1cccc(C)c1. The van der Waals surface area contributed by atoms with Gasteiger partial charge in [0.1, 0.15) is 0 Å². The molecule has 1 aliphatic rings. The summed E-state index contributed by atoms with van der Waals surface area (Å²) >= 11 is 1.86. The lowest BCUT2D eigenvalue weighted by Crippen LogP contribution is -2.36. The molecule has 1 atom stereocenters. The average molecular weight is 321 g/mol. The van der Waals surface area contributed by atoms with Gasteiger partial charge in [-0.1, -0.05) is 29.8 Å². The zero-order valence-electron chi connectivity index (χ0n) is 13.8. The van der Waals surface area contributed by atoms with Crippen LogP contribution in [0.3, 0.4) is 0 Å². The highest BCUT2D eigenvalue weighted by atomic mass is 32.2. The predicted molar refractivity (Wildman–Crippen MR) is 95.2 cm³/mol. The highest BCUT2D eigenvalue weighted by molar-refractivity contribution is 7.98. The second-order valence-corrected chi connectivity index (χ2v) is 7.07. The summed E-state index contributed by atoms with van der Waals surface area (Å²) in [6.07, 6.45) is 6.07.